The van der Waals surface area contributed by atoms with Gasteiger partial charge in [0.1, 0.15) is 0 Å². The molecule has 0 aromatic carbocycles. The predicted molar refractivity (Wildman–Crippen MR) is 75.8 cm³/mol. The molecule has 0 spiro atoms. The highest BCUT2D eigenvalue weighted by Crippen LogP contribution is 2.34. The number of carbonyl (C=O) groups is 1. The quantitative estimate of drug-likeness (QED) is 0.763. The summed E-state index contributed by atoms with van der Waals surface area (Å²) in [5, 5.41) is 0. The molecule has 2 bridgehead atoms. The van der Waals surface area contributed by atoms with E-state index < -0.39 is 0 Å². The minimum Gasteiger partial charge on any atom is -0.334 e. The number of hydrogen-bond acceptors (Lipinski definition) is 3. The summed E-state index contributed by atoms with van der Waals surface area (Å²) in [6, 6.07) is 1.61. The van der Waals surface area contributed by atoms with Crippen molar-refractivity contribution in [1.29, 1.82) is 0 Å². The van der Waals surface area contributed by atoms with E-state index in [2.05, 4.69) is 23.6 Å². The van der Waals surface area contributed by atoms with Crippen molar-refractivity contribution in [3.8, 4) is 0 Å². The van der Waals surface area contributed by atoms with Crippen LogP contribution in [0.5, 0.6) is 0 Å². The fraction of sp³-hybridized carbons (Fsp3) is 0.929. The maximum atomic E-state index is 12.6. The SMILES string of the molecule is CC(C)N1CC2CCCC(C1)N2C(=O)C1CSC1. The third-order valence-electron chi connectivity index (χ3n) is 4.72. The van der Waals surface area contributed by atoms with Gasteiger partial charge in [0.15, 0.2) is 0 Å². The molecule has 0 aromatic rings. The number of fused-ring (bicyclic) bond motifs is 2. The average molecular weight is 268 g/mol. The van der Waals surface area contributed by atoms with Crippen LogP contribution in [0.25, 0.3) is 0 Å². The molecule has 3 fully saturated rings. The van der Waals surface area contributed by atoms with Gasteiger partial charge in [0, 0.05) is 42.7 Å². The number of hydrogen-bond donors (Lipinski definition) is 0. The Labute approximate surface area is 114 Å². The van der Waals surface area contributed by atoms with Gasteiger partial charge in [0.05, 0.1) is 5.92 Å². The fourth-order valence-corrected chi connectivity index (χ4v) is 4.27. The Morgan fingerprint density at radius 2 is 1.78 bits per heavy atom. The number of rotatable bonds is 2. The summed E-state index contributed by atoms with van der Waals surface area (Å²) in [6.07, 6.45) is 3.74. The van der Waals surface area contributed by atoms with Gasteiger partial charge in [0.2, 0.25) is 5.91 Å². The first-order valence-corrected chi connectivity index (χ1v) is 8.46. The molecular weight excluding hydrogens is 244 g/mol. The van der Waals surface area contributed by atoms with E-state index in [9.17, 15) is 4.79 Å². The van der Waals surface area contributed by atoms with Crippen molar-refractivity contribution in [2.75, 3.05) is 24.6 Å². The van der Waals surface area contributed by atoms with Crippen molar-refractivity contribution in [3.05, 3.63) is 0 Å². The maximum absolute atomic E-state index is 12.6. The highest BCUT2D eigenvalue weighted by atomic mass is 32.2. The van der Waals surface area contributed by atoms with Gasteiger partial charge in [-0.3, -0.25) is 9.69 Å². The van der Waals surface area contributed by atoms with Crippen LogP contribution in [0.15, 0.2) is 0 Å². The normalized spacial score (nSPS) is 33.6. The lowest BCUT2D eigenvalue weighted by atomic mass is 9.89. The molecule has 3 rings (SSSR count). The van der Waals surface area contributed by atoms with Gasteiger partial charge >= 0.3 is 0 Å². The molecule has 3 aliphatic heterocycles. The van der Waals surface area contributed by atoms with E-state index in [1.807, 2.05) is 11.8 Å². The van der Waals surface area contributed by atoms with Crippen molar-refractivity contribution in [1.82, 2.24) is 9.80 Å². The number of piperidine rings is 1. The van der Waals surface area contributed by atoms with Gasteiger partial charge < -0.3 is 4.90 Å². The monoisotopic (exact) mass is 268 g/mol. The second-order valence-corrected chi connectivity index (χ2v) is 7.34. The number of amides is 1. The van der Waals surface area contributed by atoms with Gasteiger partial charge in [-0.15, -0.1) is 0 Å². The van der Waals surface area contributed by atoms with Crippen molar-refractivity contribution in [2.45, 2.75) is 51.2 Å². The maximum Gasteiger partial charge on any atom is 0.227 e. The lowest BCUT2D eigenvalue weighted by molar-refractivity contribution is -0.147. The van der Waals surface area contributed by atoms with Crippen LogP contribution in [0, 0.1) is 5.92 Å². The van der Waals surface area contributed by atoms with Crippen LogP contribution in [0.4, 0.5) is 0 Å². The van der Waals surface area contributed by atoms with Crippen LogP contribution < -0.4 is 0 Å². The summed E-state index contributed by atoms with van der Waals surface area (Å²) in [6.45, 7) is 6.74. The van der Waals surface area contributed by atoms with Gasteiger partial charge in [-0.25, -0.2) is 0 Å². The zero-order valence-electron chi connectivity index (χ0n) is 11.5. The molecule has 3 saturated heterocycles. The van der Waals surface area contributed by atoms with Gasteiger partial charge in [-0.2, -0.15) is 11.8 Å². The predicted octanol–water partition coefficient (Wildman–Crippen LogP) is 1.82. The Hall–Kier alpha value is -0.220. The molecule has 0 saturated carbocycles. The Kier molecular flexibility index (Phi) is 3.59. The number of likely N-dealkylation sites (tertiary alicyclic amines) is 1. The summed E-state index contributed by atoms with van der Waals surface area (Å²) >= 11 is 1.91. The zero-order chi connectivity index (χ0) is 12.7. The third kappa shape index (κ3) is 2.18. The largest absolute Gasteiger partial charge is 0.334 e. The van der Waals surface area contributed by atoms with E-state index >= 15 is 0 Å². The first-order valence-electron chi connectivity index (χ1n) is 7.30. The highest BCUT2D eigenvalue weighted by molar-refractivity contribution is 8.00. The van der Waals surface area contributed by atoms with Gasteiger partial charge in [0.25, 0.3) is 0 Å². The van der Waals surface area contributed by atoms with Crippen molar-refractivity contribution in [3.63, 3.8) is 0 Å². The van der Waals surface area contributed by atoms with E-state index in [-0.39, 0.29) is 0 Å². The molecule has 0 aliphatic carbocycles. The molecule has 3 aliphatic rings. The molecule has 0 N–H and O–H groups in total. The number of nitrogens with zero attached hydrogens (tertiary/aromatic N) is 2. The van der Waals surface area contributed by atoms with Crippen LogP contribution in [-0.2, 0) is 4.79 Å². The second kappa shape index (κ2) is 5.04. The summed E-state index contributed by atoms with van der Waals surface area (Å²) in [5.74, 6) is 2.92. The number of piperazine rings is 1. The third-order valence-corrected chi connectivity index (χ3v) is 6.00. The van der Waals surface area contributed by atoms with Gasteiger partial charge in [-0.05, 0) is 33.1 Å². The van der Waals surface area contributed by atoms with E-state index in [4.69, 9.17) is 0 Å². The fourth-order valence-electron chi connectivity index (χ4n) is 3.51. The molecule has 2 atom stereocenters. The highest BCUT2D eigenvalue weighted by Gasteiger charge is 2.43. The lowest BCUT2D eigenvalue weighted by Crippen LogP contribution is -2.65. The van der Waals surface area contributed by atoms with Crippen LogP contribution in [0.3, 0.4) is 0 Å². The van der Waals surface area contributed by atoms with Gasteiger partial charge in [-0.1, -0.05) is 0 Å². The summed E-state index contributed by atoms with van der Waals surface area (Å²) in [4.78, 5) is 17.4. The Balaban J connectivity index is 1.73. The number of carbonyl (C=O) groups excluding carboxylic acids is 1. The molecule has 102 valence electrons. The molecule has 2 unspecified atom stereocenters. The minimum absolute atomic E-state index is 0.337. The van der Waals surface area contributed by atoms with Crippen LogP contribution in [-0.4, -0.2) is 58.4 Å². The molecule has 4 heteroatoms. The molecule has 3 heterocycles. The smallest absolute Gasteiger partial charge is 0.227 e. The molecule has 0 aromatic heterocycles. The van der Waals surface area contributed by atoms with E-state index in [0.29, 0.717) is 30.0 Å². The lowest BCUT2D eigenvalue weighted by Gasteiger charge is -2.52. The Morgan fingerprint density at radius 1 is 1.17 bits per heavy atom. The summed E-state index contributed by atoms with van der Waals surface area (Å²) < 4.78 is 0. The van der Waals surface area contributed by atoms with Crippen LogP contribution >= 0.6 is 11.8 Å². The summed E-state index contributed by atoms with van der Waals surface area (Å²) in [7, 11) is 0. The average Bonchev–Trinajstić information content (AvgIpc) is 2.24. The van der Waals surface area contributed by atoms with Crippen molar-refractivity contribution < 1.29 is 4.79 Å². The first-order chi connectivity index (χ1) is 8.66. The van der Waals surface area contributed by atoms with Crippen molar-refractivity contribution in [2.24, 2.45) is 5.92 Å². The van der Waals surface area contributed by atoms with Crippen LogP contribution in [0.1, 0.15) is 33.1 Å². The zero-order valence-corrected chi connectivity index (χ0v) is 12.3. The Bertz CT molecular complexity index is 316. The number of thioether (sulfide) groups is 1. The minimum atomic E-state index is 0.337. The summed E-state index contributed by atoms with van der Waals surface area (Å²) in [5.41, 5.74) is 0. The molecule has 0 radical (unpaired) electrons. The van der Waals surface area contributed by atoms with E-state index in [0.717, 1.165) is 24.6 Å². The standard InChI is InChI=1S/C14H24N2OS/c1-10(2)15-6-12-4-3-5-13(7-15)16(12)14(17)11-8-18-9-11/h10-13H,3-9H2,1-2H3. The molecular formula is C14H24N2OS. The Morgan fingerprint density at radius 3 is 2.22 bits per heavy atom. The second-order valence-electron chi connectivity index (χ2n) is 6.27. The topological polar surface area (TPSA) is 23.6 Å². The molecule has 18 heavy (non-hydrogen) atoms. The molecule has 1 amide bonds. The van der Waals surface area contributed by atoms with E-state index in [1.54, 1.807) is 0 Å². The molecule has 3 nitrogen and oxygen atoms in total. The van der Waals surface area contributed by atoms with Crippen molar-refractivity contribution >= 4 is 17.7 Å². The first kappa shape index (κ1) is 12.8. The van der Waals surface area contributed by atoms with E-state index in [1.165, 1.54) is 19.3 Å². The van der Waals surface area contributed by atoms with Crippen LogP contribution in [0.2, 0.25) is 0 Å².